The zero-order chi connectivity index (χ0) is 21.0. The van der Waals surface area contributed by atoms with Crippen LogP contribution in [-0.4, -0.2) is 26.9 Å². The quantitative estimate of drug-likeness (QED) is 0.457. The summed E-state index contributed by atoms with van der Waals surface area (Å²) in [4.78, 5) is 19.8. The van der Waals surface area contributed by atoms with Gasteiger partial charge in [-0.15, -0.1) is 0 Å². The summed E-state index contributed by atoms with van der Waals surface area (Å²) in [6.45, 7) is 8.22. The molecule has 1 aromatic heterocycles. The molecule has 154 valence electrons. The summed E-state index contributed by atoms with van der Waals surface area (Å²) in [5, 5.41) is -0.0436. The molecule has 0 bridgehead atoms. The number of fused-ring (bicyclic) bond motifs is 1. The van der Waals surface area contributed by atoms with E-state index in [0.29, 0.717) is 24.6 Å². The second-order valence-electron chi connectivity index (χ2n) is 7.71. The standard InChI is InChI=1S/C23H27ClFN3O/c1-4-12-28-21-8-6-5-7-20(21)26-22(28)15-27(13-11-16(2)3)23(29)17-9-10-19(25)18(24)14-17/h5-10,14,16H,4,11-13,15H2,1-3H3. The lowest BCUT2D eigenvalue weighted by molar-refractivity contribution is 0.0729. The first-order valence-corrected chi connectivity index (χ1v) is 10.5. The first kappa shape index (κ1) is 21.3. The molecule has 0 saturated carbocycles. The van der Waals surface area contributed by atoms with E-state index in [4.69, 9.17) is 16.6 Å². The summed E-state index contributed by atoms with van der Waals surface area (Å²) < 4.78 is 15.7. The van der Waals surface area contributed by atoms with Crippen LogP contribution in [0.1, 0.15) is 49.8 Å². The average Bonchev–Trinajstić information content (AvgIpc) is 3.04. The smallest absolute Gasteiger partial charge is 0.254 e. The Morgan fingerprint density at radius 3 is 2.69 bits per heavy atom. The van der Waals surface area contributed by atoms with Crippen LogP contribution in [-0.2, 0) is 13.1 Å². The highest BCUT2D eigenvalue weighted by Gasteiger charge is 2.21. The molecule has 3 aromatic rings. The molecular formula is C23H27ClFN3O. The fourth-order valence-corrected chi connectivity index (χ4v) is 3.55. The number of hydrogen-bond donors (Lipinski definition) is 0. The zero-order valence-corrected chi connectivity index (χ0v) is 17.9. The Hall–Kier alpha value is -2.40. The Balaban J connectivity index is 1.95. The SMILES string of the molecule is CCCn1c(CN(CCC(C)C)C(=O)c2ccc(F)c(Cl)c2)nc2ccccc21. The predicted molar refractivity (Wildman–Crippen MR) is 116 cm³/mol. The van der Waals surface area contributed by atoms with Gasteiger partial charge in [-0.1, -0.05) is 44.5 Å². The Bertz CT molecular complexity index is 999. The number of rotatable bonds is 8. The molecule has 0 fully saturated rings. The summed E-state index contributed by atoms with van der Waals surface area (Å²) in [5.41, 5.74) is 2.39. The highest BCUT2D eigenvalue weighted by atomic mass is 35.5. The van der Waals surface area contributed by atoms with Gasteiger partial charge in [0.1, 0.15) is 11.6 Å². The first-order chi connectivity index (χ1) is 13.9. The van der Waals surface area contributed by atoms with Crippen LogP contribution in [0, 0.1) is 11.7 Å². The average molecular weight is 416 g/mol. The third kappa shape index (κ3) is 4.96. The maximum Gasteiger partial charge on any atom is 0.254 e. The van der Waals surface area contributed by atoms with Gasteiger partial charge >= 0.3 is 0 Å². The summed E-state index contributed by atoms with van der Waals surface area (Å²) in [5.74, 6) is 0.624. The first-order valence-electron chi connectivity index (χ1n) is 10.1. The normalized spacial score (nSPS) is 11.4. The van der Waals surface area contributed by atoms with Crippen LogP contribution in [0.25, 0.3) is 11.0 Å². The lowest BCUT2D eigenvalue weighted by Crippen LogP contribution is -2.33. The lowest BCUT2D eigenvalue weighted by atomic mass is 10.1. The van der Waals surface area contributed by atoms with Crippen molar-refractivity contribution < 1.29 is 9.18 Å². The van der Waals surface area contributed by atoms with E-state index in [-0.39, 0.29) is 10.9 Å². The fraction of sp³-hybridized carbons (Fsp3) is 0.391. The molecule has 0 saturated heterocycles. The predicted octanol–water partition coefficient (Wildman–Crippen LogP) is 5.93. The molecule has 2 aromatic carbocycles. The molecular weight excluding hydrogens is 389 g/mol. The molecule has 1 heterocycles. The van der Waals surface area contributed by atoms with Crippen LogP contribution in [0.2, 0.25) is 5.02 Å². The molecule has 3 rings (SSSR count). The van der Waals surface area contributed by atoms with Gasteiger partial charge in [-0.2, -0.15) is 0 Å². The minimum absolute atomic E-state index is 0.0436. The number of benzene rings is 2. The number of hydrogen-bond acceptors (Lipinski definition) is 2. The Morgan fingerprint density at radius 2 is 2.00 bits per heavy atom. The van der Waals surface area contributed by atoms with E-state index < -0.39 is 5.82 Å². The number of para-hydroxylation sites is 2. The highest BCUT2D eigenvalue weighted by Crippen LogP contribution is 2.21. The van der Waals surface area contributed by atoms with Gasteiger partial charge in [-0.05, 0) is 49.1 Å². The number of halogens is 2. The second-order valence-corrected chi connectivity index (χ2v) is 8.11. The van der Waals surface area contributed by atoms with Gasteiger partial charge in [-0.3, -0.25) is 4.79 Å². The number of aromatic nitrogens is 2. The van der Waals surface area contributed by atoms with Crippen LogP contribution in [0.5, 0.6) is 0 Å². The van der Waals surface area contributed by atoms with Crippen molar-refractivity contribution in [3.8, 4) is 0 Å². The minimum Gasteiger partial charge on any atom is -0.331 e. The van der Waals surface area contributed by atoms with Crippen molar-refractivity contribution in [2.24, 2.45) is 5.92 Å². The fourth-order valence-electron chi connectivity index (χ4n) is 3.37. The number of imidazole rings is 1. The summed E-state index contributed by atoms with van der Waals surface area (Å²) in [6.07, 6.45) is 1.84. The molecule has 0 aliphatic rings. The third-order valence-electron chi connectivity index (χ3n) is 4.94. The molecule has 0 radical (unpaired) electrons. The summed E-state index contributed by atoms with van der Waals surface area (Å²) >= 11 is 5.91. The molecule has 0 N–H and O–H groups in total. The van der Waals surface area contributed by atoms with Crippen molar-refractivity contribution in [2.45, 2.75) is 46.7 Å². The van der Waals surface area contributed by atoms with Crippen LogP contribution in [0.15, 0.2) is 42.5 Å². The largest absolute Gasteiger partial charge is 0.331 e. The monoisotopic (exact) mass is 415 g/mol. The van der Waals surface area contributed by atoms with Crippen LogP contribution in [0.3, 0.4) is 0 Å². The molecule has 4 nitrogen and oxygen atoms in total. The molecule has 6 heteroatoms. The van der Waals surface area contributed by atoms with Crippen molar-refractivity contribution in [1.82, 2.24) is 14.5 Å². The topological polar surface area (TPSA) is 38.1 Å². The Morgan fingerprint density at radius 1 is 1.24 bits per heavy atom. The van der Waals surface area contributed by atoms with E-state index in [1.165, 1.54) is 18.2 Å². The van der Waals surface area contributed by atoms with Crippen LogP contribution >= 0.6 is 11.6 Å². The minimum atomic E-state index is -0.526. The highest BCUT2D eigenvalue weighted by molar-refractivity contribution is 6.31. The van der Waals surface area contributed by atoms with Crippen LogP contribution in [0.4, 0.5) is 4.39 Å². The summed E-state index contributed by atoms with van der Waals surface area (Å²) in [7, 11) is 0. The molecule has 0 unspecified atom stereocenters. The van der Waals surface area contributed by atoms with Gasteiger partial charge in [0.05, 0.1) is 22.6 Å². The number of aryl methyl sites for hydroxylation is 1. The Kier molecular flexibility index (Phi) is 6.91. The van der Waals surface area contributed by atoms with E-state index in [2.05, 4.69) is 31.4 Å². The number of carbonyl (C=O) groups is 1. The number of amides is 1. The molecule has 0 spiro atoms. The van der Waals surface area contributed by atoms with Gasteiger partial charge in [0.2, 0.25) is 0 Å². The third-order valence-corrected chi connectivity index (χ3v) is 5.23. The van der Waals surface area contributed by atoms with E-state index in [1.807, 2.05) is 18.2 Å². The second kappa shape index (κ2) is 9.40. The van der Waals surface area contributed by atoms with Gasteiger partial charge in [0, 0.05) is 18.7 Å². The molecule has 29 heavy (non-hydrogen) atoms. The van der Waals surface area contributed by atoms with Gasteiger partial charge < -0.3 is 9.47 Å². The lowest BCUT2D eigenvalue weighted by Gasteiger charge is -2.24. The molecule has 0 atom stereocenters. The molecule has 1 amide bonds. The van der Waals surface area contributed by atoms with Crippen LogP contribution < -0.4 is 0 Å². The number of nitrogens with zero attached hydrogens (tertiary/aromatic N) is 3. The van der Waals surface area contributed by atoms with Crippen molar-refractivity contribution in [3.05, 3.63) is 64.7 Å². The van der Waals surface area contributed by atoms with Gasteiger partial charge in [-0.25, -0.2) is 9.37 Å². The Labute approximate surface area is 176 Å². The summed E-state index contributed by atoms with van der Waals surface area (Å²) in [6, 6.07) is 12.1. The van der Waals surface area contributed by atoms with Gasteiger partial charge in [0.25, 0.3) is 5.91 Å². The van der Waals surface area contributed by atoms with Crippen molar-refractivity contribution in [2.75, 3.05) is 6.54 Å². The van der Waals surface area contributed by atoms with Gasteiger partial charge in [0.15, 0.2) is 0 Å². The maximum absolute atomic E-state index is 13.5. The van der Waals surface area contributed by atoms with E-state index in [0.717, 1.165) is 36.2 Å². The zero-order valence-electron chi connectivity index (χ0n) is 17.2. The van der Waals surface area contributed by atoms with Crippen molar-refractivity contribution >= 4 is 28.5 Å². The van der Waals surface area contributed by atoms with E-state index >= 15 is 0 Å². The molecule has 0 aliphatic heterocycles. The van der Waals surface area contributed by atoms with E-state index in [1.54, 1.807) is 4.90 Å². The van der Waals surface area contributed by atoms with Crippen molar-refractivity contribution in [3.63, 3.8) is 0 Å². The van der Waals surface area contributed by atoms with Crippen molar-refractivity contribution in [1.29, 1.82) is 0 Å². The maximum atomic E-state index is 13.5. The molecule has 0 aliphatic carbocycles. The van der Waals surface area contributed by atoms with E-state index in [9.17, 15) is 9.18 Å². The number of carbonyl (C=O) groups excluding carboxylic acids is 1.